The van der Waals surface area contributed by atoms with Gasteiger partial charge in [-0.2, -0.15) is 0 Å². The standard InChI is InChI=1S/C23H27N3OS2/c1-16-12-17(2)14-18(13-16)24-20(27)15-29-22-21(19-8-7-11-28-19)25-23(26-22)9-5-3-4-6-10-23/h7-8,11-14H,3-6,9-10,15H2,1-2H3,(H,24,27). The molecule has 1 spiro atoms. The van der Waals surface area contributed by atoms with Gasteiger partial charge in [0, 0.05) is 5.69 Å². The summed E-state index contributed by atoms with van der Waals surface area (Å²) in [5, 5.41) is 6.02. The van der Waals surface area contributed by atoms with Crippen LogP contribution in [0.25, 0.3) is 0 Å². The van der Waals surface area contributed by atoms with E-state index in [-0.39, 0.29) is 11.6 Å². The maximum Gasteiger partial charge on any atom is 0.234 e. The molecule has 0 bridgehead atoms. The molecule has 2 aromatic rings. The molecule has 1 amide bonds. The maximum atomic E-state index is 12.6. The molecule has 0 saturated heterocycles. The molecule has 1 N–H and O–H groups in total. The van der Waals surface area contributed by atoms with Gasteiger partial charge in [0.2, 0.25) is 5.91 Å². The first-order chi connectivity index (χ1) is 14.0. The zero-order chi connectivity index (χ0) is 20.3. The minimum atomic E-state index is -0.303. The summed E-state index contributed by atoms with van der Waals surface area (Å²) < 4.78 is 0. The number of aliphatic imine (C=N–C) groups is 2. The van der Waals surface area contributed by atoms with Crippen LogP contribution in [0.1, 0.15) is 54.5 Å². The van der Waals surface area contributed by atoms with E-state index in [2.05, 4.69) is 28.9 Å². The van der Waals surface area contributed by atoms with Crippen LogP contribution in [0.2, 0.25) is 0 Å². The fourth-order valence-corrected chi connectivity index (χ4v) is 5.74. The third kappa shape index (κ3) is 4.98. The fourth-order valence-electron chi connectivity index (χ4n) is 4.09. The van der Waals surface area contributed by atoms with Crippen LogP contribution in [0.5, 0.6) is 0 Å². The van der Waals surface area contributed by atoms with Crippen LogP contribution in [-0.4, -0.2) is 28.1 Å². The van der Waals surface area contributed by atoms with Crippen LogP contribution < -0.4 is 5.32 Å². The number of hydrogen-bond donors (Lipinski definition) is 1. The van der Waals surface area contributed by atoms with Gasteiger partial charge in [0.05, 0.1) is 10.6 Å². The van der Waals surface area contributed by atoms with Gasteiger partial charge >= 0.3 is 0 Å². The predicted molar refractivity (Wildman–Crippen MR) is 126 cm³/mol. The van der Waals surface area contributed by atoms with Gasteiger partial charge in [-0.05, 0) is 74.2 Å². The van der Waals surface area contributed by atoms with Crippen molar-refractivity contribution in [2.45, 2.75) is 58.0 Å². The normalized spacial score (nSPS) is 18.3. The second-order valence-electron chi connectivity index (χ2n) is 7.96. The maximum absolute atomic E-state index is 12.6. The molecule has 1 aliphatic heterocycles. The third-order valence-corrected chi connectivity index (χ3v) is 7.18. The summed E-state index contributed by atoms with van der Waals surface area (Å²) >= 11 is 3.21. The number of benzene rings is 1. The number of carbonyl (C=O) groups is 1. The molecule has 1 aromatic heterocycles. The first-order valence-corrected chi connectivity index (χ1v) is 12.1. The van der Waals surface area contributed by atoms with Crippen LogP contribution in [0, 0.1) is 13.8 Å². The quantitative estimate of drug-likeness (QED) is 0.654. The summed E-state index contributed by atoms with van der Waals surface area (Å²) in [6, 6.07) is 10.3. The molecule has 4 rings (SSSR count). The van der Waals surface area contributed by atoms with Crippen molar-refractivity contribution in [2.75, 3.05) is 11.1 Å². The Labute approximate surface area is 180 Å². The van der Waals surface area contributed by atoms with E-state index in [0.29, 0.717) is 5.75 Å². The van der Waals surface area contributed by atoms with Crippen molar-refractivity contribution >= 4 is 45.4 Å². The first-order valence-electron chi connectivity index (χ1n) is 10.3. The molecule has 2 heterocycles. The molecule has 0 radical (unpaired) electrons. The summed E-state index contributed by atoms with van der Waals surface area (Å²) in [5.41, 5.74) is 3.83. The number of thioether (sulfide) groups is 1. The number of carbonyl (C=O) groups excluding carboxylic acids is 1. The average molecular weight is 426 g/mol. The highest BCUT2D eigenvalue weighted by atomic mass is 32.2. The lowest BCUT2D eigenvalue weighted by molar-refractivity contribution is -0.113. The lowest BCUT2D eigenvalue weighted by Crippen LogP contribution is -2.20. The molecule has 1 aromatic carbocycles. The van der Waals surface area contributed by atoms with E-state index in [0.717, 1.165) is 45.3 Å². The molecule has 1 aliphatic carbocycles. The van der Waals surface area contributed by atoms with E-state index >= 15 is 0 Å². The van der Waals surface area contributed by atoms with Crippen molar-refractivity contribution in [1.82, 2.24) is 0 Å². The number of thiophene rings is 1. The first kappa shape index (κ1) is 20.4. The molecular formula is C23H27N3OS2. The molecule has 1 saturated carbocycles. The van der Waals surface area contributed by atoms with Crippen molar-refractivity contribution < 1.29 is 4.79 Å². The van der Waals surface area contributed by atoms with E-state index in [4.69, 9.17) is 9.98 Å². The number of amides is 1. The number of rotatable bonds is 4. The fraction of sp³-hybridized carbons (Fsp3) is 0.435. The molecule has 2 aliphatic rings. The Hall–Kier alpha value is -1.92. The minimum absolute atomic E-state index is 0.00459. The Balaban J connectivity index is 1.48. The molecule has 0 unspecified atom stereocenters. The highest BCUT2D eigenvalue weighted by Gasteiger charge is 2.37. The number of nitrogens with zero attached hydrogens (tertiary/aromatic N) is 2. The summed E-state index contributed by atoms with van der Waals surface area (Å²) in [7, 11) is 0. The Morgan fingerprint density at radius 3 is 2.48 bits per heavy atom. The molecule has 6 heteroatoms. The highest BCUT2D eigenvalue weighted by molar-refractivity contribution is 8.16. The van der Waals surface area contributed by atoms with Gasteiger partial charge in [0.25, 0.3) is 0 Å². The number of aryl methyl sites for hydroxylation is 2. The third-order valence-electron chi connectivity index (χ3n) is 5.34. The molecular weight excluding hydrogens is 398 g/mol. The van der Waals surface area contributed by atoms with Gasteiger partial charge in [-0.15, -0.1) is 11.3 Å². The average Bonchev–Trinajstić information content (AvgIpc) is 3.24. The van der Waals surface area contributed by atoms with Crippen LogP contribution in [0.4, 0.5) is 5.69 Å². The van der Waals surface area contributed by atoms with Crippen molar-refractivity contribution in [3.05, 3.63) is 51.7 Å². The van der Waals surface area contributed by atoms with Gasteiger partial charge < -0.3 is 5.32 Å². The lowest BCUT2D eigenvalue weighted by Gasteiger charge is -2.20. The largest absolute Gasteiger partial charge is 0.325 e. The van der Waals surface area contributed by atoms with Crippen molar-refractivity contribution in [3.8, 4) is 0 Å². The summed E-state index contributed by atoms with van der Waals surface area (Å²) in [6.45, 7) is 4.08. The van der Waals surface area contributed by atoms with E-state index < -0.39 is 0 Å². The molecule has 4 nitrogen and oxygen atoms in total. The van der Waals surface area contributed by atoms with Gasteiger partial charge in [-0.1, -0.05) is 36.7 Å². The Kier molecular flexibility index (Phi) is 6.20. The Morgan fingerprint density at radius 2 is 1.83 bits per heavy atom. The van der Waals surface area contributed by atoms with E-state index in [1.807, 2.05) is 26.0 Å². The summed E-state index contributed by atoms with van der Waals surface area (Å²) in [4.78, 5) is 23.9. The highest BCUT2D eigenvalue weighted by Crippen LogP contribution is 2.38. The van der Waals surface area contributed by atoms with E-state index in [1.165, 1.54) is 37.4 Å². The van der Waals surface area contributed by atoms with Crippen molar-refractivity contribution in [2.24, 2.45) is 9.98 Å². The minimum Gasteiger partial charge on any atom is -0.325 e. The van der Waals surface area contributed by atoms with Gasteiger partial charge in [0.15, 0.2) is 5.66 Å². The van der Waals surface area contributed by atoms with Gasteiger partial charge in [-0.3, -0.25) is 9.79 Å². The van der Waals surface area contributed by atoms with Crippen LogP contribution in [0.3, 0.4) is 0 Å². The molecule has 1 fully saturated rings. The Morgan fingerprint density at radius 1 is 1.10 bits per heavy atom. The topological polar surface area (TPSA) is 53.8 Å². The number of nitrogens with one attached hydrogen (secondary N) is 1. The zero-order valence-electron chi connectivity index (χ0n) is 17.0. The van der Waals surface area contributed by atoms with E-state index in [9.17, 15) is 4.79 Å². The van der Waals surface area contributed by atoms with Crippen LogP contribution in [-0.2, 0) is 4.79 Å². The molecule has 0 atom stereocenters. The number of hydrogen-bond acceptors (Lipinski definition) is 5. The van der Waals surface area contributed by atoms with E-state index in [1.54, 1.807) is 11.3 Å². The molecule has 152 valence electrons. The lowest BCUT2D eigenvalue weighted by atomic mass is 10.0. The van der Waals surface area contributed by atoms with Crippen molar-refractivity contribution in [1.29, 1.82) is 0 Å². The number of anilines is 1. The monoisotopic (exact) mass is 425 g/mol. The summed E-state index contributed by atoms with van der Waals surface area (Å²) in [5.74, 6) is 0.335. The zero-order valence-corrected chi connectivity index (χ0v) is 18.7. The predicted octanol–water partition coefficient (Wildman–Crippen LogP) is 5.99. The SMILES string of the molecule is Cc1cc(C)cc(NC(=O)CSC2=NC3(CCCCCC3)N=C2c2cccs2)c1. The second kappa shape index (κ2) is 8.84. The van der Waals surface area contributed by atoms with Crippen LogP contribution >= 0.6 is 23.1 Å². The van der Waals surface area contributed by atoms with Gasteiger partial charge in [0.1, 0.15) is 10.8 Å². The van der Waals surface area contributed by atoms with Gasteiger partial charge in [-0.25, -0.2) is 4.99 Å². The summed E-state index contributed by atoms with van der Waals surface area (Å²) in [6.07, 6.45) is 6.91. The Bertz CT molecular complexity index is 919. The van der Waals surface area contributed by atoms with Crippen LogP contribution in [0.15, 0.2) is 45.7 Å². The van der Waals surface area contributed by atoms with Crippen molar-refractivity contribution in [3.63, 3.8) is 0 Å². The molecule has 29 heavy (non-hydrogen) atoms. The smallest absolute Gasteiger partial charge is 0.234 e. The second-order valence-corrected chi connectivity index (χ2v) is 9.88.